The largest absolute Gasteiger partial charge is 0.484 e. The smallest absolute Gasteiger partial charge is 0.252 e. The lowest BCUT2D eigenvalue weighted by molar-refractivity contribution is 0.0995. The highest BCUT2D eigenvalue weighted by molar-refractivity contribution is 5.96. The zero-order valence-corrected chi connectivity index (χ0v) is 10.4. The van der Waals surface area contributed by atoms with Crippen LogP contribution in [0.5, 0.6) is 5.75 Å². The number of hydrogen-bond donors (Lipinski definition) is 1. The second kappa shape index (κ2) is 4.59. The van der Waals surface area contributed by atoms with Crippen LogP contribution >= 0.6 is 0 Å². The number of rotatable bonds is 2. The monoisotopic (exact) mass is 275 g/mol. The first-order chi connectivity index (χ1) is 9.56. The SMILES string of the molecule is NC(=O)c1cccc2c1OC(c1ccc(F)c(F)c1)C2. The number of hydrogen-bond acceptors (Lipinski definition) is 2. The number of halogens is 2. The summed E-state index contributed by atoms with van der Waals surface area (Å²) >= 11 is 0. The molecule has 0 aliphatic carbocycles. The number of ether oxygens (including phenoxy) is 1. The number of para-hydroxylation sites is 1. The molecule has 2 aromatic carbocycles. The van der Waals surface area contributed by atoms with Gasteiger partial charge in [-0.25, -0.2) is 8.78 Å². The quantitative estimate of drug-likeness (QED) is 0.916. The second-order valence-corrected chi connectivity index (χ2v) is 4.64. The molecule has 0 bridgehead atoms. The molecule has 1 heterocycles. The van der Waals surface area contributed by atoms with E-state index in [0.29, 0.717) is 23.3 Å². The van der Waals surface area contributed by atoms with Gasteiger partial charge in [0.1, 0.15) is 11.9 Å². The summed E-state index contributed by atoms with van der Waals surface area (Å²) in [7, 11) is 0. The maximum Gasteiger partial charge on any atom is 0.252 e. The fraction of sp³-hybridized carbons (Fsp3) is 0.133. The third kappa shape index (κ3) is 2.01. The number of amides is 1. The first-order valence-electron chi connectivity index (χ1n) is 6.09. The molecule has 0 fully saturated rings. The molecule has 3 nitrogen and oxygen atoms in total. The Bertz CT molecular complexity index is 700. The molecule has 1 aliphatic heterocycles. The minimum Gasteiger partial charge on any atom is -0.484 e. The van der Waals surface area contributed by atoms with Gasteiger partial charge in [-0.1, -0.05) is 18.2 Å². The molecular formula is C15H11F2NO2. The van der Waals surface area contributed by atoms with E-state index in [9.17, 15) is 13.6 Å². The van der Waals surface area contributed by atoms with E-state index in [2.05, 4.69) is 0 Å². The van der Waals surface area contributed by atoms with Gasteiger partial charge in [-0.15, -0.1) is 0 Å². The van der Waals surface area contributed by atoms with Crippen LogP contribution in [0.2, 0.25) is 0 Å². The molecular weight excluding hydrogens is 264 g/mol. The van der Waals surface area contributed by atoms with Gasteiger partial charge < -0.3 is 10.5 Å². The van der Waals surface area contributed by atoms with E-state index in [1.54, 1.807) is 12.1 Å². The average molecular weight is 275 g/mol. The predicted molar refractivity (Wildman–Crippen MR) is 68.4 cm³/mol. The fourth-order valence-electron chi connectivity index (χ4n) is 2.36. The van der Waals surface area contributed by atoms with Crippen molar-refractivity contribution in [1.29, 1.82) is 0 Å². The molecule has 2 N–H and O–H groups in total. The number of primary amides is 1. The molecule has 0 radical (unpaired) electrons. The summed E-state index contributed by atoms with van der Waals surface area (Å²) in [6.07, 6.45) is 0.0437. The van der Waals surface area contributed by atoms with Crippen LogP contribution < -0.4 is 10.5 Å². The predicted octanol–water partition coefficient (Wildman–Crippen LogP) is 2.74. The molecule has 0 aromatic heterocycles. The Morgan fingerprint density at radius 1 is 1.20 bits per heavy atom. The molecule has 0 spiro atoms. The molecule has 2 aromatic rings. The standard InChI is InChI=1S/C15H11F2NO2/c16-11-5-4-8(6-12(11)17)13-7-9-2-1-3-10(15(18)19)14(9)20-13/h1-6,13H,7H2,(H2,18,19). The summed E-state index contributed by atoms with van der Waals surface area (Å²) < 4.78 is 31.9. The summed E-state index contributed by atoms with van der Waals surface area (Å²) in [6.45, 7) is 0. The minimum absolute atomic E-state index is 0.299. The zero-order chi connectivity index (χ0) is 14.3. The van der Waals surface area contributed by atoms with Crippen molar-refractivity contribution >= 4 is 5.91 Å². The Kier molecular flexibility index (Phi) is 2.89. The van der Waals surface area contributed by atoms with Gasteiger partial charge in [0, 0.05) is 6.42 Å². The van der Waals surface area contributed by atoms with Crippen LogP contribution in [0.25, 0.3) is 0 Å². The number of carbonyl (C=O) groups excluding carboxylic acids is 1. The van der Waals surface area contributed by atoms with E-state index >= 15 is 0 Å². The third-order valence-electron chi connectivity index (χ3n) is 3.34. The number of benzene rings is 2. The highest BCUT2D eigenvalue weighted by Gasteiger charge is 2.28. The molecule has 1 amide bonds. The van der Waals surface area contributed by atoms with Gasteiger partial charge in [-0.2, -0.15) is 0 Å². The van der Waals surface area contributed by atoms with Crippen molar-refractivity contribution in [2.45, 2.75) is 12.5 Å². The average Bonchev–Trinajstić information content (AvgIpc) is 2.85. The van der Waals surface area contributed by atoms with Crippen LogP contribution in [0.15, 0.2) is 36.4 Å². The Morgan fingerprint density at radius 2 is 2.00 bits per heavy atom. The first-order valence-corrected chi connectivity index (χ1v) is 6.09. The van der Waals surface area contributed by atoms with Gasteiger partial charge in [-0.3, -0.25) is 4.79 Å². The van der Waals surface area contributed by atoms with Gasteiger partial charge in [0.15, 0.2) is 11.6 Å². The molecule has 102 valence electrons. The van der Waals surface area contributed by atoms with Crippen molar-refractivity contribution in [1.82, 2.24) is 0 Å². The Balaban J connectivity index is 1.96. The topological polar surface area (TPSA) is 52.3 Å². The van der Waals surface area contributed by atoms with Crippen LogP contribution in [-0.4, -0.2) is 5.91 Å². The zero-order valence-electron chi connectivity index (χ0n) is 10.4. The Morgan fingerprint density at radius 3 is 2.70 bits per heavy atom. The molecule has 5 heteroatoms. The summed E-state index contributed by atoms with van der Waals surface area (Å²) in [6, 6.07) is 8.76. The van der Waals surface area contributed by atoms with Crippen molar-refractivity contribution in [3.63, 3.8) is 0 Å². The molecule has 1 aliphatic rings. The van der Waals surface area contributed by atoms with Crippen LogP contribution in [0.3, 0.4) is 0 Å². The van der Waals surface area contributed by atoms with E-state index in [1.807, 2.05) is 6.07 Å². The Labute approximate surface area is 114 Å². The third-order valence-corrected chi connectivity index (χ3v) is 3.34. The number of fused-ring (bicyclic) bond motifs is 1. The van der Waals surface area contributed by atoms with Gasteiger partial charge in [0.2, 0.25) is 0 Å². The lowest BCUT2D eigenvalue weighted by atomic mass is 10.0. The van der Waals surface area contributed by atoms with Gasteiger partial charge >= 0.3 is 0 Å². The molecule has 3 rings (SSSR count). The number of nitrogens with two attached hydrogens (primary N) is 1. The lowest BCUT2D eigenvalue weighted by Crippen LogP contribution is -2.12. The molecule has 1 atom stereocenters. The highest BCUT2D eigenvalue weighted by Crippen LogP contribution is 2.39. The highest BCUT2D eigenvalue weighted by atomic mass is 19.2. The normalized spacial score (nSPS) is 16.6. The van der Waals surface area contributed by atoms with Crippen LogP contribution in [0.1, 0.15) is 27.6 Å². The maximum atomic E-state index is 13.3. The van der Waals surface area contributed by atoms with Crippen LogP contribution in [-0.2, 0) is 6.42 Å². The molecule has 0 saturated heterocycles. The van der Waals surface area contributed by atoms with Crippen molar-refractivity contribution in [3.05, 3.63) is 64.7 Å². The number of carbonyl (C=O) groups is 1. The van der Waals surface area contributed by atoms with Gasteiger partial charge in [-0.05, 0) is 29.3 Å². The molecule has 0 saturated carbocycles. The van der Waals surface area contributed by atoms with Crippen molar-refractivity contribution in [2.24, 2.45) is 5.73 Å². The summed E-state index contributed by atoms with van der Waals surface area (Å²) in [5, 5.41) is 0. The van der Waals surface area contributed by atoms with E-state index in [4.69, 9.17) is 10.5 Å². The molecule has 20 heavy (non-hydrogen) atoms. The van der Waals surface area contributed by atoms with Gasteiger partial charge in [0.25, 0.3) is 5.91 Å². The summed E-state index contributed by atoms with van der Waals surface area (Å²) in [4.78, 5) is 11.3. The fourth-order valence-corrected chi connectivity index (χ4v) is 2.36. The second-order valence-electron chi connectivity index (χ2n) is 4.64. The minimum atomic E-state index is -0.919. The van der Waals surface area contributed by atoms with E-state index < -0.39 is 23.6 Å². The van der Waals surface area contributed by atoms with Crippen molar-refractivity contribution in [2.75, 3.05) is 0 Å². The Hall–Kier alpha value is -2.43. The van der Waals surface area contributed by atoms with E-state index in [0.717, 1.165) is 17.7 Å². The lowest BCUT2D eigenvalue weighted by Gasteiger charge is -2.12. The van der Waals surface area contributed by atoms with E-state index in [1.165, 1.54) is 6.07 Å². The van der Waals surface area contributed by atoms with Crippen LogP contribution in [0.4, 0.5) is 8.78 Å². The summed E-state index contributed by atoms with van der Waals surface area (Å²) in [5.74, 6) is -1.97. The maximum absolute atomic E-state index is 13.3. The van der Waals surface area contributed by atoms with Crippen molar-refractivity contribution < 1.29 is 18.3 Å². The van der Waals surface area contributed by atoms with Crippen molar-refractivity contribution in [3.8, 4) is 5.75 Å². The van der Waals surface area contributed by atoms with Gasteiger partial charge in [0.05, 0.1) is 5.56 Å². The van der Waals surface area contributed by atoms with E-state index in [-0.39, 0.29) is 0 Å². The summed E-state index contributed by atoms with van der Waals surface area (Å²) in [5.41, 5.74) is 6.94. The first kappa shape index (κ1) is 12.6. The molecule has 1 unspecified atom stereocenters. The van der Waals surface area contributed by atoms with Crippen LogP contribution in [0, 0.1) is 11.6 Å².